The first kappa shape index (κ1) is 16.7. The summed E-state index contributed by atoms with van der Waals surface area (Å²) in [5.41, 5.74) is 1.53. The van der Waals surface area contributed by atoms with Crippen LogP contribution in [0.1, 0.15) is 31.6 Å². The summed E-state index contributed by atoms with van der Waals surface area (Å²) in [5.74, 6) is 1.66. The molecule has 8 heteroatoms. The van der Waals surface area contributed by atoms with E-state index in [4.69, 9.17) is 4.74 Å². The molecule has 0 radical (unpaired) electrons. The number of anilines is 3. The highest BCUT2D eigenvalue weighted by molar-refractivity contribution is 7.06. The van der Waals surface area contributed by atoms with Crippen LogP contribution in [0.5, 0.6) is 0 Å². The van der Waals surface area contributed by atoms with Gasteiger partial charge in [-0.25, -0.2) is 14.8 Å². The van der Waals surface area contributed by atoms with Crippen molar-refractivity contribution < 1.29 is 9.53 Å². The van der Waals surface area contributed by atoms with Crippen LogP contribution in [0.3, 0.4) is 0 Å². The Bertz CT molecular complexity index is 971. The van der Waals surface area contributed by atoms with Gasteiger partial charge < -0.3 is 10.1 Å². The van der Waals surface area contributed by atoms with Crippen LogP contribution in [0.25, 0.3) is 10.9 Å². The van der Waals surface area contributed by atoms with Crippen LogP contribution < -0.4 is 10.2 Å². The average Bonchev–Trinajstić information content (AvgIpc) is 3.21. The zero-order valence-corrected chi connectivity index (χ0v) is 15.6. The smallest absolute Gasteiger partial charge is 0.414 e. The van der Waals surface area contributed by atoms with Crippen molar-refractivity contribution in [1.82, 2.24) is 14.3 Å². The van der Waals surface area contributed by atoms with Gasteiger partial charge in [-0.2, -0.15) is 4.37 Å². The molecule has 1 aromatic carbocycles. The molecule has 0 unspecified atom stereocenters. The van der Waals surface area contributed by atoms with Crippen LogP contribution >= 0.6 is 11.5 Å². The normalized spacial score (nSPS) is 17.2. The summed E-state index contributed by atoms with van der Waals surface area (Å²) < 4.78 is 9.50. The number of carbonyl (C=O) groups is 1. The summed E-state index contributed by atoms with van der Waals surface area (Å²) in [5, 5.41) is 4.05. The first-order chi connectivity index (χ1) is 12.5. The van der Waals surface area contributed by atoms with Crippen LogP contribution in [0, 0.1) is 0 Å². The van der Waals surface area contributed by atoms with Gasteiger partial charge in [0.25, 0.3) is 0 Å². The molecule has 134 valence electrons. The molecular weight excluding hydrogens is 350 g/mol. The predicted molar refractivity (Wildman–Crippen MR) is 102 cm³/mol. The molecule has 0 bridgehead atoms. The third kappa shape index (κ3) is 3.08. The SMILES string of the molecule is CC(C)c1cc(Nc2ncc3ccc(N4C(=O)OC[C@@H]4C)cc3n2)ns1. The van der Waals surface area contributed by atoms with Crippen molar-refractivity contribution >= 4 is 46.0 Å². The number of nitrogens with zero attached hydrogens (tertiary/aromatic N) is 4. The second-order valence-corrected chi connectivity index (χ2v) is 7.46. The number of ether oxygens (including phenoxy) is 1. The average molecular weight is 369 g/mol. The molecule has 1 aliphatic heterocycles. The lowest BCUT2D eigenvalue weighted by Gasteiger charge is -2.18. The molecular formula is C18H19N5O2S. The number of hydrogen-bond acceptors (Lipinski definition) is 7. The van der Waals surface area contributed by atoms with Crippen LogP contribution in [-0.2, 0) is 4.74 Å². The van der Waals surface area contributed by atoms with Crippen molar-refractivity contribution in [3.63, 3.8) is 0 Å². The van der Waals surface area contributed by atoms with E-state index in [1.54, 1.807) is 11.1 Å². The molecule has 26 heavy (non-hydrogen) atoms. The van der Waals surface area contributed by atoms with Crippen molar-refractivity contribution in [2.45, 2.75) is 32.7 Å². The fraction of sp³-hybridized carbons (Fsp3) is 0.333. The largest absolute Gasteiger partial charge is 0.447 e. The van der Waals surface area contributed by atoms with E-state index < -0.39 is 0 Å². The number of fused-ring (bicyclic) bond motifs is 1. The number of aromatic nitrogens is 3. The second kappa shape index (κ2) is 6.53. The molecule has 0 spiro atoms. The molecule has 3 aromatic rings. The lowest BCUT2D eigenvalue weighted by Crippen LogP contribution is -2.30. The molecule has 7 nitrogen and oxygen atoms in total. The van der Waals surface area contributed by atoms with E-state index in [1.165, 1.54) is 16.4 Å². The summed E-state index contributed by atoms with van der Waals surface area (Å²) >= 11 is 1.47. The van der Waals surface area contributed by atoms with Gasteiger partial charge in [0.05, 0.1) is 11.6 Å². The molecule has 3 heterocycles. The lowest BCUT2D eigenvalue weighted by atomic mass is 10.2. The monoisotopic (exact) mass is 369 g/mol. The highest BCUT2D eigenvalue weighted by atomic mass is 32.1. The van der Waals surface area contributed by atoms with Gasteiger partial charge in [-0.15, -0.1) is 0 Å². The molecule has 1 amide bonds. The third-order valence-electron chi connectivity index (χ3n) is 4.27. The van der Waals surface area contributed by atoms with E-state index in [-0.39, 0.29) is 12.1 Å². The zero-order valence-electron chi connectivity index (χ0n) is 14.8. The Morgan fingerprint density at radius 3 is 2.88 bits per heavy atom. The number of amides is 1. The van der Waals surface area contributed by atoms with E-state index in [2.05, 4.69) is 33.5 Å². The van der Waals surface area contributed by atoms with Gasteiger partial charge in [-0.3, -0.25) is 4.90 Å². The van der Waals surface area contributed by atoms with Gasteiger partial charge in [0.2, 0.25) is 5.95 Å². The Balaban J connectivity index is 1.64. The molecule has 1 atom stereocenters. The van der Waals surface area contributed by atoms with Crippen LogP contribution in [0.15, 0.2) is 30.5 Å². The van der Waals surface area contributed by atoms with Gasteiger partial charge in [0.1, 0.15) is 12.4 Å². The van der Waals surface area contributed by atoms with E-state index in [9.17, 15) is 4.79 Å². The second-order valence-electron chi connectivity index (χ2n) is 6.63. The Morgan fingerprint density at radius 1 is 1.35 bits per heavy atom. The highest BCUT2D eigenvalue weighted by Crippen LogP contribution is 2.28. The molecule has 1 saturated heterocycles. The molecule has 0 saturated carbocycles. The molecule has 1 fully saturated rings. The first-order valence-corrected chi connectivity index (χ1v) is 9.25. The Kier molecular flexibility index (Phi) is 4.20. The maximum atomic E-state index is 11.9. The molecule has 1 aliphatic rings. The van der Waals surface area contributed by atoms with Crippen molar-refractivity contribution in [2.75, 3.05) is 16.8 Å². The first-order valence-electron chi connectivity index (χ1n) is 8.47. The zero-order chi connectivity index (χ0) is 18.3. The van der Waals surface area contributed by atoms with Crippen molar-refractivity contribution in [3.8, 4) is 0 Å². The Hall–Kier alpha value is -2.74. The van der Waals surface area contributed by atoms with E-state index >= 15 is 0 Å². The van der Waals surface area contributed by atoms with Crippen LogP contribution in [-0.4, -0.2) is 33.1 Å². The number of rotatable bonds is 4. The maximum Gasteiger partial charge on any atom is 0.414 e. The standard InChI is InChI=1S/C18H19N5O2S/c1-10(2)15-7-16(22-26-15)21-17-19-8-12-4-5-13(6-14(12)20-17)23-11(3)9-25-18(23)24/h4-8,10-11H,9H2,1-3H3,(H,19,20,21,22)/t11-/m0/s1. The van der Waals surface area contributed by atoms with Gasteiger partial charge in [-0.05, 0) is 48.6 Å². The summed E-state index contributed by atoms with van der Waals surface area (Å²) in [6, 6.07) is 7.69. The number of nitrogens with one attached hydrogen (secondary N) is 1. The van der Waals surface area contributed by atoms with Gasteiger partial charge in [0.15, 0.2) is 0 Å². The van der Waals surface area contributed by atoms with Gasteiger partial charge in [0, 0.05) is 22.1 Å². The number of hydrogen-bond donors (Lipinski definition) is 1. The van der Waals surface area contributed by atoms with E-state index in [0.29, 0.717) is 18.5 Å². The predicted octanol–water partition coefficient (Wildman–Crippen LogP) is 4.30. The van der Waals surface area contributed by atoms with Gasteiger partial charge in [-0.1, -0.05) is 13.8 Å². The fourth-order valence-corrected chi connectivity index (χ4v) is 3.51. The minimum atomic E-state index is -0.326. The van der Waals surface area contributed by atoms with Crippen LogP contribution in [0.2, 0.25) is 0 Å². The molecule has 0 aliphatic carbocycles. The lowest BCUT2D eigenvalue weighted by molar-refractivity contribution is 0.179. The van der Waals surface area contributed by atoms with Crippen molar-refractivity contribution in [2.24, 2.45) is 0 Å². The van der Waals surface area contributed by atoms with E-state index in [1.807, 2.05) is 31.2 Å². The maximum absolute atomic E-state index is 11.9. The van der Waals surface area contributed by atoms with Crippen LogP contribution in [0.4, 0.5) is 22.2 Å². The molecule has 1 N–H and O–H groups in total. The van der Waals surface area contributed by atoms with Crippen molar-refractivity contribution in [1.29, 1.82) is 0 Å². The topological polar surface area (TPSA) is 80.2 Å². The van der Waals surface area contributed by atoms with E-state index in [0.717, 1.165) is 22.4 Å². The molecule has 4 rings (SSSR count). The fourth-order valence-electron chi connectivity index (χ4n) is 2.83. The number of benzene rings is 1. The summed E-state index contributed by atoms with van der Waals surface area (Å²) in [6.07, 6.45) is 1.43. The summed E-state index contributed by atoms with van der Waals surface area (Å²) in [7, 11) is 0. The highest BCUT2D eigenvalue weighted by Gasteiger charge is 2.30. The minimum Gasteiger partial charge on any atom is -0.447 e. The molecule has 2 aromatic heterocycles. The Morgan fingerprint density at radius 2 is 2.19 bits per heavy atom. The van der Waals surface area contributed by atoms with Crippen molar-refractivity contribution in [3.05, 3.63) is 35.3 Å². The quantitative estimate of drug-likeness (QED) is 0.738. The minimum absolute atomic E-state index is 0.00356. The summed E-state index contributed by atoms with van der Waals surface area (Å²) in [4.78, 5) is 23.7. The summed E-state index contributed by atoms with van der Waals surface area (Å²) in [6.45, 7) is 6.62. The number of carbonyl (C=O) groups excluding carboxylic acids is 1. The Labute approximate surface area is 155 Å². The van der Waals surface area contributed by atoms with Gasteiger partial charge >= 0.3 is 6.09 Å². The number of cyclic esters (lactones) is 1. The third-order valence-corrected chi connectivity index (χ3v) is 5.36.